The van der Waals surface area contributed by atoms with E-state index in [0.717, 1.165) is 19.7 Å². The van der Waals surface area contributed by atoms with Crippen molar-refractivity contribution in [1.82, 2.24) is 10.2 Å². The monoisotopic (exact) mass is 230 g/mol. The molecule has 5 nitrogen and oxygen atoms in total. The van der Waals surface area contributed by atoms with Crippen molar-refractivity contribution < 1.29 is 14.6 Å². The van der Waals surface area contributed by atoms with Crippen molar-refractivity contribution in [3.8, 4) is 0 Å². The number of hydrogen-bond donors (Lipinski definition) is 2. The van der Waals surface area contributed by atoms with Crippen molar-refractivity contribution in [1.29, 1.82) is 0 Å². The van der Waals surface area contributed by atoms with Gasteiger partial charge < -0.3 is 15.2 Å². The summed E-state index contributed by atoms with van der Waals surface area (Å²) in [4.78, 5) is 13.0. The zero-order valence-electron chi connectivity index (χ0n) is 10.3. The van der Waals surface area contributed by atoms with Gasteiger partial charge in [0.2, 0.25) is 0 Å². The lowest BCUT2D eigenvalue weighted by Gasteiger charge is -2.35. The van der Waals surface area contributed by atoms with Crippen molar-refractivity contribution in [2.45, 2.75) is 39.0 Å². The molecule has 0 saturated carbocycles. The van der Waals surface area contributed by atoms with E-state index in [1.807, 2.05) is 0 Å². The largest absolute Gasteiger partial charge is 0.480 e. The summed E-state index contributed by atoms with van der Waals surface area (Å²) < 4.78 is 5.59. The fourth-order valence-electron chi connectivity index (χ4n) is 1.73. The molecule has 0 aromatic carbocycles. The Labute approximate surface area is 96.8 Å². The number of ether oxygens (including phenoxy) is 1. The van der Waals surface area contributed by atoms with Crippen LogP contribution in [-0.4, -0.2) is 60.4 Å². The molecule has 1 fully saturated rings. The Morgan fingerprint density at radius 3 is 2.81 bits per heavy atom. The summed E-state index contributed by atoms with van der Waals surface area (Å²) >= 11 is 0. The molecule has 0 aromatic heterocycles. The van der Waals surface area contributed by atoms with Crippen molar-refractivity contribution in [2.24, 2.45) is 0 Å². The van der Waals surface area contributed by atoms with E-state index >= 15 is 0 Å². The number of morpholine rings is 1. The predicted molar refractivity (Wildman–Crippen MR) is 61.5 cm³/mol. The van der Waals surface area contributed by atoms with Crippen LogP contribution in [0.4, 0.5) is 0 Å². The van der Waals surface area contributed by atoms with Crippen LogP contribution in [0.5, 0.6) is 0 Å². The lowest BCUT2D eigenvalue weighted by atomic mass is 10.2. The molecule has 0 aliphatic carbocycles. The summed E-state index contributed by atoms with van der Waals surface area (Å²) in [6, 6.07) is 0.00123. The molecule has 16 heavy (non-hydrogen) atoms. The van der Waals surface area contributed by atoms with Crippen molar-refractivity contribution >= 4 is 5.97 Å². The fourth-order valence-corrected chi connectivity index (χ4v) is 1.73. The quantitative estimate of drug-likeness (QED) is 0.704. The molecule has 94 valence electrons. The molecule has 0 amide bonds. The van der Waals surface area contributed by atoms with E-state index in [9.17, 15) is 4.79 Å². The Bertz CT molecular complexity index is 233. The molecule has 1 aliphatic rings. The van der Waals surface area contributed by atoms with E-state index in [2.05, 4.69) is 24.1 Å². The standard InChI is InChI=1S/C11H22N2O3/c1-8(2)13-4-5-16-10(7-13)6-12-9(3)11(14)15/h8-10,12H,4-7H2,1-3H3,(H,14,15)/t9-,10?/m1/s1. The van der Waals surface area contributed by atoms with Crippen LogP contribution < -0.4 is 5.32 Å². The minimum Gasteiger partial charge on any atom is -0.480 e. The summed E-state index contributed by atoms with van der Waals surface area (Å²) in [6.07, 6.45) is 0.0953. The van der Waals surface area contributed by atoms with Gasteiger partial charge in [-0.2, -0.15) is 0 Å². The van der Waals surface area contributed by atoms with Crippen LogP contribution in [0.3, 0.4) is 0 Å². The SMILES string of the molecule is CC(C)N1CCOC(CN[C@H](C)C(=O)O)C1. The van der Waals surface area contributed by atoms with E-state index in [1.54, 1.807) is 6.92 Å². The van der Waals surface area contributed by atoms with Crippen LogP contribution in [0.15, 0.2) is 0 Å². The van der Waals surface area contributed by atoms with Crippen molar-refractivity contribution in [3.05, 3.63) is 0 Å². The fraction of sp³-hybridized carbons (Fsp3) is 0.909. The Morgan fingerprint density at radius 2 is 2.25 bits per heavy atom. The first-order valence-electron chi connectivity index (χ1n) is 5.82. The number of carboxylic acids is 1. The maximum atomic E-state index is 10.6. The number of aliphatic carboxylic acids is 1. The van der Waals surface area contributed by atoms with Crippen LogP contribution in [0.2, 0.25) is 0 Å². The first kappa shape index (κ1) is 13.4. The zero-order chi connectivity index (χ0) is 12.1. The summed E-state index contributed by atoms with van der Waals surface area (Å²) in [6.45, 7) is 9.12. The van der Waals surface area contributed by atoms with E-state index in [4.69, 9.17) is 9.84 Å². The summed E-state index contributed by atoms with van der Waals surface area (Å²) in [5.74, 6) is -0.823. The molecule has 1 saturated heterocycles. The van der Waals surface area contributed by atoms with Crippen LogP contribution >= 0.6 is 0 Å². The smallest absolute Gasteiger partial charge is 0.320 e. The van der Waals surface area contributed by atoms with Crippen LogP contribution in [-0.2, 0) is 9.53 Å². The number of nitrogens with one attached hydrogen (secondary N) is 1. The lowest BCUT2D eigenvalue weighted by Crippen LogP contribution is -2.50. The molecule has 1 unspecified atom stereocenters. The maximum Gasteiger partial charge on any atom is 0.320 e. The molecule has 1 heterocycles. The van der Waals surface area contributed by atoms with Gasteiger partial charge >= 0.3 is 5.97 Å². The lowest BCUT2D eigenvalue weighted by molar-refractivity contribution is -0.139. The Hall–Kier alpha value is -0.650. The minimum absolute atomic E-state index is 0.0953. The van der Waals surface area contributed by atoms with Gasteiger partial charge in [-0.3, -0.25) is 9.69 Å². The van der Waals surface area contributed by atoms with Gasteiger partial charge in [0, 0.05) is 25.7 Å². The molecular weight excluding hydrogens is 208 g/mol. The van der Waals surface area contributed by atoms with E-state index in [1.165, 1.54) is 0 Å². The van der Waals surface area contributed by atoms with Crippen LogP contribution in [0, 0.1) is 0 Å². The molecule has 1 aliphatic heterocycles. The second-order valence-electron chi connectivity index (χ2n) is 4.55. The average Bonchev–Trinajstić information content (AvgIpc) is 2.26. The zero-order valence-corrected chi connectivity index (χ0v) is 10.3. The van der Waals surface area contributed by atoms with Gasteiger partial charge in [-0.15, -0.1) is 0 Å². The first-order chi connectivity index (χ1) is 7.50. The van der Waals surface area contributed by atoms with Gasteiger partial charge in [0.1, 0.15) is 6.04 Å². The third kappa shape index (κ3) is 4.08. The summed E-state index contributed by atoms with van der Waals surface area (Å²) in [5.41, 5.74) is 0. The van der Waals surface area contributed by atoms with Gasteiger partial charge in [-0.1, -0.05) is 0 Å². The molecule has 0 bridgehead atoms. The minimum atomic E-state index is -0.823. The molecule has 0 spiro atoms. The van der Waals surface area contributed by atoms with Crippen LogP contribution in [0.1, 0.15) is 20.8 Å². The Morgan fingerprint density at radius 1 is 1.56 bits per heavy atom. The predicted octanol–water partition coefficient (Wildman–Crippen LogP) is 0.158. The van der Waals surface area contributed by atoms with Gasteiger partial charge in [-0.25, -0.2) is 0 Å². The number of carbonyl (C=O) groups is 1. The highest BCUT2D eigenvalue weighted by Crippen LogP contribution is 2.08. The second kappa shape index (κ2) is 6.18. The molecule has 2 atom stereocenters. The highest BCUT2D eigenvalue weighted by atomic mass is 16.5. The topological polar surface area (TPSA) is 61.8 Å². The third-order valence-corrected chi connectivity index (χ3v) is 2.92. The average molecular weight is 230 g/mol. The molecule has 0 radical (unpaired) electrons. The number of nitrogens with zero attached hydrogens (tertiary/aromatic N) is 1. The molecule has 0 aromatic rings. The molecule has 1 rings (SSSR count). The second-order valence-corrected chi connectivity index (χ2v) is 4.55. The molecule has 5 heteroatoms. The molecule has 2 N–H and O–H groups in total. The van der Waals surface area contributed by atoms with Gasteiger partial charge in [0.05, 0.1) is 12.7 Å². The number of carboxylic acid groups (broad SMARTS) is 1. The third-order valence-electron chi connectivity index (χ3n) is 2.92. The summed E-state index contributed by atoms with van der Waals surface area (Å²) in [5, 5.41) is 11.7. The Balaban J connectivity index is 2.29. The first-order valence-corrected chi connectivity index (χ1v) is 5.82. The normalized spacial score (nSPS) is 24.6. The van der Waals surface area contributed by atoms with Crippen molar-refractivity contribution in [2.75, 3.05) is 26.2 Å². The van der Waals surface area contributed by atoms with E-state index in [0.29, 0.717) is 12.6 Å². The van der Waals surface area contributed by atoms with Crippen molar-refractivity contribution in [3.63, 3.8) is 0 Å². The Kier molecular flexibility index (Phi) is 5.18. The van der Waals surface area contributed by atoms with E-state index in [-0.39, 0.29) is 6.10 Å². The highest BCUT2D eigenvalue weighted by molar-refractivity contribution is 5.72. The molecular formula is C11H22N2O3. The number of hydrogen-bond acceptors (Lipinski definition) is 4. The van der Waals surface area contributed by atoms with Gasteiger partial charge in [-0.05, 0) is 20.8 Å². The van der Waals surface area contributed by atoms with E-state index < -0.39 is 12.0 Å². The van der Waals surface area contributed by atoms with Crippen LogP contribution in [0.25, 0.3) is 0 Å². The maximum absolute atomic E-state index is 10.6. The van der Waals surface area contributed by atoms with Gasteiger partial charge in [0.15, 0.2) is 0 Å². The summed E-state index contributed by atoms with van der Waals surface area (Å²) in [7, 11) is 0. The highest BCUT2D eigenvalue weighted by Gasteiger charge is 2.23. The number of rotatable bonds is 5. The van der Waals surface area contributed by atoms with Gasteiger partial charge in [0.25, 0.3) is 0 Å².